The van der Waals surface area contributed by atoms with E-state index in [0.717, 1.165) is 5.56 Å². The van der Waals surface area contributed by atoms with Crippen molar-refractivity contribution in [1.82, 2.24) is 10.6 Å². The van der Waals surface area contributed by atoms with Crippen LogP contribution in [0.25, 0.3) is 0 Å². The number of hydrogen-bond donors (Lipinski definition) is 3. The zero-order valence-corrected chi connectivity index (χ0v) is 16.3. The van der Waals surface area contributed by atoms with Crippen molar-refractivity contribution in [3.8, 4) is 11.5 Å². The maximum Gasteiger partial charge on any atom is 0.236 e. The van der Waals surface area contributed by atoms with Crippen LogP contribution in [0, 0.1) is 5.92 Å². The first-order valence-electron chi connectivity index (χ1n) is 8.42. The van der Waals surface area contributed by atoms with Crippen LogP contribution in [0.1, 0.15) is 18.5 Å². The van der Waals surface area contributed by atoms with Crippen LogP contribution in [0.3, 0.4) is 0 Å². The van der Waals surface area contributed by atoms with Crippen molar-refractivity contribution in [2.45, 2.75) is 18.7 Å². The van der Waals surface area contributed by atoms with Crippen molar-refractivity contribution >= 4 is 40.5 Å². The molecule has 4 rings (SSSR count). The van der Waals surface area contributed by atoms with Gasteiger partial charge in [-0.15, -0.1) is 0 Å². The number of fused-ring (bicyclic) bond motifs is 4. The second kappa shape index (κ2) is 6.58. The van der Waals surface area contributed by atoms with Crippen LogP contribution in [0.15, 0.2) is 42.5 Å². The Morgan fingerprint density at radius 2 is 2.04 bits per heavy atom. The molecule has 0 aliphatic carbocycles. The summed E-state index contributed by atoms with van der Waals surface area (Å²) in [6, 6.07) is 12.1. The Balaban J connectivity index is 1.71. The van der Waals surface area contributed by atoms with Gasteiger partial charge in [-0.1, -0.05) is 11.6 Å². The number of nitrogens with one attached hydrogen (secondary N) is 3. The lowest BCUT2D eigenvalue weighted by molar-refractivity contribution is -0.132. The summed E-state index contributed by atoms with van der Waals surface area (Å²) in [6.07, 6.45) is 0. The van der Waals surface area contributed by atoms with Gasteiger partial charge >= 0.3 is 0 Å². The zero-order chi connectivity index (χ0) is 19.2. The molecular formula is C19H18ClN3O3S. The van der Waals surface area contributed by atoms with Crippen LogP contribution in [-0.2, 0) is 4.79 Å². The Morgan fingerprint density at radius 3 is 2.74 bits per heavy atom. The molecule has 27 heavy (non-hydrogen) atoms. The summed E-state index contributed by atoms with van der Waals surface area (Å²) >= 11 is 11.2. The molecule has 1 amide bonds. The zero-order valence-electron chi connectivity index (χ0n) is 14.7. The fourth-order valence-corrected chi connectivity index (χ4v) is 4.06. The second-order valence-corrected chi connectivity index (χ2v) is 7.51. The van der Waals surface area contributed by atoms with E-state index in [2.05, 4.69) is 16.0 Å². The highest BCUT2D eigenvalue weighted by Crippen LogP contribution is 2.46. The van der Waals surface area contributed by atoms with Gasteiger partial charge in [-0.05, 0) is 61.6 Å². The van der Waals surface area contributed by atoms with Crippen molar-refractivity contribution in [2.75, 3.05) is 12.4 Å². The largest absolute Gasteiger partial charge is 0.497 e. The summed E-state index contributed by atoms with van der Waals surface area (Å²) < 4.78 is 11.5. The van der Waals surface area contributed by atoms with E-state index in [1.165, 1.54) is 0 Å². The van der Waals surface area contributed by atoms with Gasteiger partial charge in [0, 0.05) is 16.3 Å². The van der Waals surface area contributed by atoms with Crippen LogP contribution in [0.5, 0.6) is 11.5 Å². The average molecular weight is 404 g/mol. The molecule has 3 N–H and O–H groups in total. The quantitative estimate of drug-likeness (QED) is 0.683. The van der Waals surface area contributed by atoms with Gasteiger partial charge in [0.15, 0.2) is 10.8 Å². The highest BCUT2D eigenvalue weighted by Gasteiger charge is 2.54. The number of anilines is 1. The number of methoxy groups -OCH3 is 1. The predicted molar refractivity (Wildman–Crippen MR) is 107 cm³/mol. The normalized spacial score (nSPS) is 25.4. The number of hydrogen-bond acceptors (Lipinski definition) is 4. The minimum atomic E-state index is -0.981. The van der Waals surface area contributed by atoms with Crippen molar-refractivity contribution in [1.29, 1.82) is 0 Å². The Labute approximate surface area is 167 Å². The molecule has 0 radical (unpaired) electrons. The molecule has 2 aromatic carbocycles. The maximum atomic E-state index is 13.2. The van der Waals surface area contributed by atoms with E-state index in [1.54, 1.807) is 31.4 Å². The molecule has 8 heteroatoms. The molecule has 0 saturated carbocycles. The molecule has 140 valence electrons. The summed E-state index contributed by atoms with van der Waals surface area (Å²) in [5.74, 6) is 0.602. The lowest BCUT2D eigenvalue weighted by atomic mass is 9.80. The van der Waals surface area contributed by atoms with Crippen molar-refractivity contribution < 1.29 is 14.3 Å². The number of carbonyl (C=O) groups is 1. The summed E-state index contributed by atoms with van der Waals surface area (Å²) in [6.45, 7) is 1.83. The van der Waals surface area contributed by atoms with E-state index < -0.39 is 11.6 Å². The van der Waals surface area contributed by atoms with Gasteiger partial charge in [0.2, 0.25) is 5.91 Å². The first-order chi connectivity index (χ1) is 12.9. The van der Waals surface area contributed by atoms with Crippen LogP contribution in [0.2, 0.25) is 5.02 Å². The fraction of sp³-hybridized carbons (Fsp3) is 0.263. The number of thiocarbonyl (C=S) groups is 1. The van der Waals surface area contributed by atoms with E-state index >= 15 is 0 Å². The number of amides is 1. The fourth-order valence-electron chi connectivity index (χ4n) is 3.60. The molecule has 2 bridgehead atoms. The van der Waals surface area contributed by atoms with E-state index in [1.807, 2.05) is 25.1 Å². The molecule has 3 atom stereocenters. The standard InChI is InChI=1S/C19H18ClN3O3S/c1-19-15(17(24)21-11-5-3-10(20)4-6-11)16(22-18(27)23-19)13-9-12(25-2)7-8-14(13)26-19/h3-9,15-16H,1-2H3,(H,21,24)(H2,22,23,27)/t15-,16+,19+/m0/s1. The second-order valence-electron chi connectivity index (χ2n) is 6.66. The lowest BCUT2D eigenvalue weighted by Gasteiger charge is -2.50. The molecule has 0 aromatic heterocycles. The van der Waals surface area contributed by atoms with Crippen molar-refractivity contribution in [3.63, 3.8) is 0 Å². The highest BCUT2D eigenvalue weighted by molar-refractivity contribution is 7.80. The van der Waals surface area contributed by atoms with Crippen molar-refractivity contribution in [3.05, 3.63) is 53.1 Å². The Bertz CT molecular complexity index is 921. The van der Waals surface area contributed by atoms with Crippen molar-refractivity contribution in [2.24, 2.45) is 5.92 Å². The molecular weight excluding hydrogens is 386 g/mol. The minimum absolute atomic E-state index is 0.194. The molecule has 0 unspecified atom stereocenters. The van der Waals surface area contributed by atoms with Gasteiger partial charge in [-0.3, -0.25) is 4.79 Å². The summed E-state index contributed by atoms with van der Waals surface area (Å²) in [5, 5.41) is 10.3. The number of ether oxygens (including phenoxy) is 2. The van der Waals surface area contributed by atoms with Gasteiger partial charge in [-0.25, -0.2) is 0 Å². The summed E-state index contributed by atoms with van der Waals surface area (Å²) in [4.78, 5) is 13.2. The van der Waals surface area contributed by atoms with Gasteiger partial charge in [-0.2, -0.15) is 0 Å². The third-order valence-electron chi connectivity index (χ3n) is 4.84. The Hall–Kier alpha value is -2.51. The molecule has 2 aliphatic rings. The molecule has 2 aromatic rings. The Morgan fingerprint density at radius 1 is 1.30 bits per heavy atom. The number of halogens is 1. The lowest BCUT2D eigenvalue weighted by Crippen LogP contribution is -2.70. The number of benzene rings is 2. The predicted octanol–water partition coefficient (Wildman–Crippen LogP) is 3.23. The third kappa shape index (κ3) is 3.17. The van der Waals surface area contributed by atoms with Crippen LogP contribution >= 0.6 is 23.8 Å². The smallest absolute Gasteiger partial charge is 0.236 e. The van der Waals surface area contributed by atoms with Gasteiger partial charge in [0.25, 0.3) is 0 Å². The first kappa shape index (κ1) is 17.9. The van der Waals surface area contributed by atoms with E-state index in [4.69, 9.17) is 33.3 Å². The van der Waals surface area contributed by atoms with Gasteiger partial charge in [0.1, 0.15) is 17.4 Å². The number of carbonyl (C=O) groups excluding carboxylic acids is 1. The van der Waals surface area contributed by atoms with Gasteiger partial charge < -0.3 is 25.4 Å². The van der Waals surface area contributed by atoms with E-state index in [9.17, 15) is 4.79 Å². The summed E-state index contributed by atoms with van der Waals surface area (Å²) in [7, 11) is 1.60. The molecule has 1 saturated heterocycles. The van der Waals surface area contributed by atoms with Crippen LogP contribution < -0.4 is 25.4 Å². The minimum Gasteiger partial charge on any atom is -0.497 e. The highest BCUT2D eigenvalue weighted by atomic mass is 35.5. The Kier molecular flexibility index (Phi) is 4.36. The van der Waals surface area contributed by atoms with Crippen LogP contribution in [0.4, 0.5) is 5.69 Å². The average Bonchev–Trinajstić information content (AvgIpc) is 2.62. The molecule has 2 heterocycles. The van der Waals surface area contributed by atoms with E-state index in [-0.39, 0.29) is 11.9 Å². The SMILES string of the molecule is COc1ccc2c(c1)[C@H]1NC(=S)N[C@](C)(O2)[C@@H]1C(=O)Nc1ccc(Cl)cc1. The monoisotopic (exact) mass is 403 g/mol. The molecule has 0 spiro atoms. The summed E-state index contributed by atoms with van der Waals surface area (Å²) in [5.41, 5.74) is 0.502. The maximum absolute atomic E-state index is 13.2. The topological polar surface area (TPSA) is 71.6 Å². The third-order valence-corrected chi connectivity index (χ3v) is 5.32. The molecule has 6 nitrogen and oxygen atoms in total. The first-order valence-corrected chi connectivity index (χ1v) is 9.20. The van der Waals surface area contributed by atoms with E-state index in [0.29, 0.717) is 27.3 Å². The van der Waals surface area contributed by atoms with Crippen LogP contribution in [-0.4, -0.2) is 23.9 Å². The number of rotatable bonds is 3. The molecule has 1 fully saturated rings. The molecule has 2 aliphatic heterocycles. The van der Waals surface area contributed by atoms with Gasteiger partial charge in [0.05, 0.1) is 13.2 Å².